The second-order valence-corrected chi connectivity index (χ2v) is 5.24. The van der Waals surface area contributed by atoms with Gasteiger partial charge in [0, 0.05) is 6.17 Å². The van der Waals surface area contributed by atoms with Crippen LogP contribution >= 0.6 is 0 Å². The van der Waals surface area contributed by atoms with Crippen molar-refractivity contribution in [2.45, 2.75) is 13.8 Å². The monoisotopic (exact) mass is 175 g/mol. The number of hydrogen-bond acceptors (Lipinski definition) is 3. The van der Waals surface area contributed by atoms with Gasteiger partial charge in [-0.05, 0) is 27.2 Å². The normalized spacial score (nSPS) is 11.5. The fourth-order valence-electron chi connectivity index (χ4n) is 1.07. The van der Waals surface area contributed by atoms with E-state index in [2.05, 4.69) is 28.7 Å². The van der Waals surface area contributed by atoms with Crippen molar-refractivity contribution in [3.8, 4) is 0 Å². The van der Waals surface area contributed by atoms with Gasteiger partial charge in [-0.15, -0.1) is 0 Å². The fourth-order valence-corrected chi connectivity index (χ4v) is 2.75. The predicted molar refractivity (Wildman–Crippen MR) is 53.1 cm³/mol. The molecule has 0 aliphatic carbocycles. The van der Waals surface area contributed by atoms with E-state index in [1.807, 2.05) is 14.1 Å². The van der Waals surface area contributed by atoms with E-state index in [0.29, 0.717) is 0 Å². The summed E-state index contributed by atoms with van der Waals surface area (Å²) in [5.41, 5.74) is 0. The molecule has 0 rings (SSSR count). The van der Waals surface area contributed by atoms with E-state index in [1.165, 1.54) is 6.17 Å². The molecule has 2 N–H and O–H groups in total. The first-order chi connectivity index (χ1) is 5.28. The van der Waals surface area contributed by atoms with Crippen LogP contribution in [0.1, 0.15) is 13.8 Å². The van der Waals surface area contributed by atoms with Crippen molar-refractivity contribution in [3.05, 3.63) is 0 Å². The molecule has 0 radical (unpaired) electrons. The summed E-state index contributed by atoms with van der Waals surface area (Å²) in [6.07, 6.45) is 1.21. The number of nitrogens with zero attached hydrogens (tertiary/aromatic N) is 1. The summed E-state index contributed by atoms with van der Waals surface area (Å²) in [5, 5.41) is 0. The average molecular weight is 175 g/mol. The molecule has 0 heterocycles. The Morgan fingerprint density at radius 3 is 1.82 bits per heavy atom. The first-order valence-corrected chi connectivity index (χ1v) is 6.32. The number of nitrogens with one attached hydrogen (secondary N) is 2. The van der Waals surface area contributed by atoms with Crippen LogP contribution < -0.4 is 9.96 Å². The molecule has 0 bridgehead atoms. The van der Waals surface area contributed by atoms with Crippen LogP contribution in [0.4, 0.5) is 0 Å². The lowest BCUT2D eigenvalue weighted by Crippen LogP contribution is -2.52. The van der Waals surface area contributed by atoms with Crippen molar-refractivity contribution >= 4 is 9.12 Å². The molecule has 0 unspecified atom stereocenters. The zero-order chi connectivity index (χ0) is 8.69. The summed E-state index contributed by atoms with van der Waals surface area (Å²) in [4.78, 5) is 9.12. The van der Waals surface area contributed by atoms with Crippen LogP contribution in [-0.2, 0) is 0 Å². The van der Waals surface area contributed by atoms with Gasteiger partial charge in [0.05, 0.1) is 0 Å². The fraction of sp³-hybridized carbons (Fsp3) is 1.00. The number of hydrogen-bond donors (Lipinski definition) is 2. The molecule has 0 spiro atoms. The minimum absolute atomic E-state index is 0.859. The first kappa shape index (κ1) is 11.1. The van der Waals surface area contributed by atoms with Crippen LogP contribution in [0.15, 0.2) is 0 Å². The summed E-state index contributed by atoms with van der Waals surface area (Å²) in [5.74, 6) is 0. The van der Waals surface area contributed by atoms with Crippen LogP contribution in [0.3, 0.4) is 0 Å². The lowest BCUT2D eigenvalue weighted by molar-refractivity contribution is 0.347. The Labute approximate surface area is 71.9 Å². The van der Waals surface area contributed by atoms with E-state index in [0.717, 1.165) is 13.1 Å². The summed E-state index contributed by atoms with van der Waals surface area (Å²) in [7, 11) is 3.22. The van der Waals surface area contributed by atoms with Gasteiger partial charge < -0.3 is 14.9 Å². The molecule has 0 fully saturated rings. The standard InChI is InChI=1S/C7H21N3Si/c1-5-10(6-2)7-11(8-3)9-4/h8-9,11H,5-7H2,1-4H3. The Morgan fingerprint density at radius 2 is 1.55 bits per heavy atom. The van der Waals surface area contributed by atoms with Crippen LogP contribution in [0.5, 0.6) is 0 Å². The third-order valence-corrected chi connectivity index (χ3v) is 4.31. The van der Waals surface area contributed by atoms with Gasteiger partial charge in [0.2, 0.25) is 0 Å². The maximum absolute atomic E-state index is 3.34. The number of rotatable bonds is 6. The smallest absolute Gasteiger partial charge is 0.198 e. The van der Waals surface area contributed by atoms with Crippen molar-refractivity contribution < 1.29 is 0 Å². The third-order valence-electron chi connectivity index (χ3n) is 2.03. The van der Waals surface area contributed by atoms with E-state index in [9.17, 15) is 0 Å². The van der Waals surface area contributed by atoms with E-state index >= 15 is 0 Å². The summed E-state index contributed by atoms with van der Waals surface area (Å²) in [6.45, 7) is 6.73. The molecule has 0 saturated carbocycles. The van der Waals surface area contributed by atoms with Gasteiger partial charge in [-0.2, -0.15) is 0 Å². The van der Waals surface area contributed by atoms with Gasteiger partial charge in [-0.3, -0.25) is 0 Å². The molecule has 0 aliphatic heterocycles. The topological polar surface area (TPSA) is 27.3 Å². The predicted octanol–water partition coefficient (Wildman–Crippen LogP) is -0.473. The van der Waals surface area contributed by atoms with Gasteiger partial charge >= 0.3 is 0 Å². The highest BCUT2D eigenvalue weighted by atomic mass is 28.3. The minimum Gasteiger partial charge on any atom is -0.330 e. The molecular formula is C7H21N3Si. The molecule has 0 aromatic rings. The van der Waals surface area contributed by atoms with Crippen molar-refractivity contribution in [1.29, 1.82) is 0 Å². The molecule has 3 nitrogen and oxygen atoms in total. The quantitative estimate of drug-likeness (QED) is 0.534. The van der Waals surface area contributed by atoms with Gasteiger partial charge in [0.25, 0.3) is 0 Å². The summed E-state index contributed by atoms with van der Waals surface area (Å²) < 4.78 is 0. The van der Waals surface area contributed by atoms with Gasteiger partial charge in [-0.25, -0.2) is 0 Å². The van der Waals surface area contributed by atoms with Crippen LogP contribution in [0, 0.1) is 0 Å². The molecule has 0 aromatic carbocycles. The van der Waals surface area contributed by atoms with Crippen LogP contribution in [0.2, 0.25) is 0 Å². The SMILES string of the molecule is CCN(CC)C[SiH](NC)NC. The van der Waals surface area contributed by atoms with Crippen LogP contribution in [0.25, 0.3) is 0 Å². The Morgan fingerprint density at radius 1 is 1.09 bits per heavy atom. The zero-order valence-corrected chi connectivity index (χ0v) is 9.30. The van der Waals surface area contributed by atoms with E-state index in [-0.39, 0.29) is 0 Å². The molecule has 0 amide bonds. The molecular weight excluding hydrogens is 154 g/mol. The second-order valence-electron chi connectivity index (χ2n) is 2.62. The lowest BCUT2D eigenvalue weighted by atomic mass is 10.6. The molecule has 0 aliphatic rings. The van der Waals surface area contributed by atoms with E-state index in [1.54, 1.807) is 0 Å². The zero-order valence-electron chi connectivity index (χ0n) is 8.15. The minimum atomic E-state index is -0.859. The van der Waals surface area contributed by atoms with E-state index in [4.69, 9.17) is 0 Å². The Kier molecular flexibility index (Phi) is 6.85. The maximum Gasteiger partial charge on any atom is 0.198 e. The van der Waals surface area contributed by atoms with Crippen molar-refractivity contribution in [3.63, 3.8) is 0 Å². The molecule has 0 atom stereocenters. The maximum atomic E-state index is 3.34. The van der Waals surface area contributed by atoms with Gasteiger partial charge in [-0.1, -0.05) is 13.8 Å². The van der Waals surface area contributed by atoms with E-state index < -0.39 is 9.12 Å². The third kappa shape index (κ3) is 4.52. The highest BCUT2D eigenvalue weighted by molar-refractivity contribution is 6.53. The summed E-state index contributed by atoms with van der Waals surface area (Å²) >= 11 is 0. The average Bonchev–Trinajstić information content (AvgIpc) is 2.07. The summed E-state index contributed by atoms with van der Waals surface area (Å²) in [6, 6.07) is 0. The second kappa shape index (κ2) is 6.79. The first-order valence-electron chi connectivity index (χ1n) is 4.35. The molecule has 0 aromatic heterocycles. The molecule has 4 heteroatoms. The largest absolute Gasteiger partial charge is 0.330 e. The Bertz CT molecular complexity index is 71.8. The lowest BCUT2D eigenvalue weighted by Gasteiger charge is -2.22. The van der Waals surface area contributed by atoms with Gasteiger partial charge in [0.15, 0.2) is 9.12 Å². The highest BCUT2D eigenvalue weighted by Crippen LogP contribution is 1.85. The molecule has 11 heavy (non-hydrogen) atoms. The van der Waals surface area contributed by atoms with Crippen LogP contribution in [-0.4, -0.2) is 47.4 Å². The molecule has 0 saturated heterocycles. The highest BCUT2D eigenvalue weighted by Gasteiger charge is 2.08. The molecule has 68 valence electrons. The Hall–Kier alpha value is 0.0969. The van der Waals surface area contributed by atoms with Crippen molar-refractivity contribution in [1.82, 2.24) is 14.9 Å². The van der Waals surface area contributed by atoms with Crippen molar-refractivity contribution in [2.24, 2.45) is 0 Å². The van der Waals surface area contributed by atoms with Crippen molar-refractivity contribution in [2.75, 3.05) is 33.4 Å². The Balaban J connectivity index is 3.58. The van der Waals surface area contributed by atoms with Gasteiger partial charge in [0.1, 0.15) is 0 Å².